The zero-order valence-electron chi connectivity index (χ0n) is 11.6. The minimum Gasteiger partial charge on any atom is -0.343 e. The molecule has 3 unspecified atom stereocenters. The number of nitrogens with zero attached hydrogens (tertiary/aromatic N) is 1. The molecule has 3 atom stereocenters. The molecule has 0 radical (unpaired) electrons. The van der Waals surface area contributed by atoms with Crippen LogP contribution in [-0.2, 0) is 4.79 Å². The largest absolute Gasteiger partial charge is 0.343 e. The van der Waals surface area contributed by atoms with E-state index >= 15 is 0 Å². The molecule has 1 aliphatic rings. The van der Waals surface area contributed by atoms with Gasteiger partial charge in [0.2, 0.25) is 5.91 Å². The first kappa shape index (κ1) is 14.5. The highest BCUT2D eigenvalue weighted by atomic mass is 16.2. The molecule has 0 aliphatic heterocycles. The van der Waals surface area contributed by atoms with Gasteiger partial charge in [-0.1, -0.05) is 19.8 Å². The smallest absolute Gasteiger partial charge is 0.222 e. The first-order valence-electron chi connectivity index (χ1n) is 7.02. The third kappa shape index (κ3) is 5.07. The average molecular weight is 240 g/mol. The van der Waals surface area contributed by atoms with Gasteiger partial charge in [0, 0.05) is 25.6 Å². The number of hydrogen-bond donors (Lipinski definition) is 1. The van der Waals surface area contributed by atoms with E-state index < -0.39 is 0 Å². The molecule has 1 saturated carbocycles. The molecule has 17 heavy (non-hydrogen) atoms. The van der Waals surface area contributed by atoms with E-state index in [1.165, 1.54) is 25.7 Å². The van der Waals surface area contributed by atoms with E-state index in [2.05, 4.69) is 6.92 Å². The van der Waals surface area contributed by atoms with Crippen LogP contribution in [-0.4, -0.2) is 29.9 Å². The zero-order valence-corrected chi connectivity index (χ0v) is 11.6. The van der Waals surface area contributed by atoms with E-state index in [4.69, 9.17) is 5.73 Å². The normalized spacial score (nSPS) is 26.6. The Morgan fingerprint density at radius 1 is 1.47 bits per heavy atom. The Kier molecular flexibility index (Phi) is 5.96. The highest BCUT2D eigenvalue weighted by molar-refractivity contribution is 5.76. The molecule has 0 heterocycles. The van der Waals surface area contributed by atoms with Crippen LogP contribution in [0.3, 0.4) is 0 Å². The summed E-state index contributed by atoms with van der Waals surface area (Å²) in [6.07, 6.45) is 7.47. The summed E-state index contributed by atoms with van der Waals surface area (Å²) in [5.41, 5.74) is 5.69. The van der Waals surface area contributed by atoms with E-state index in [0.717, 1.165) is 18.8 Å². The maximum absolute atomic E-state index is 12.0. The highest BCUT2D eigenvalue weighted by Gasteiger charge is 2.24. The molecule has 1 rings (SSSR count). The predicted molar refractivity (Wildman–Crippen MR) is 71.7 cm³/mol. The Bertz CT molecular complexity index is 240. The van der Waals surface area contributed by atoms with Crippen molar-refractivity contribution in [3.05, 3.63) is 0 Å². The van der Waals surface area contributed by atoms with Gasteiger partial charge in [0.1, 0.15) is 0 Å². The first-order valence-corrected chi connectivity index (χ1v) is 7.02. The lowest BCUT2D eigenvalue weighted by atomic mass is 9.86. The number of carbonyl (C=O) groups is 1. The molecule has 0 aromatic carbocycles. The van der Waals surface area contributed by atoms with Crippen molar-refractivity contribution in [3.63, 3.8) is 0 Å². The predicted octanol–water partition coefficient (Wildman–Crippen LogP) is 2.54. The van der Waals surface area contributed by atoms with Gasteiger partial charge in [-0.3, -0.25) is 4.79 Å². The number of hydrogen-bond acceptors (Lipinski definition) is 2. The summed E-state index contributed by atoms with van der Waals surface area (Å²) in [6, 6.07) is 0.685. The van der Waals surface area contributed by atoms with Gasteiger partial charge in [-0.2, -0.15) is 0 Å². The molecule has 1 aliphatic carbocycles. The molecular formula is C14H28N2O. The Labute approximate surface area is 106 Å². The van der Waals surface area contributed by atoms with Crippen molar-refractivity contribution in [2.45, 2.75) is 70.9 Å². The van der Waals surface area contributed by atoms with Crippen molar-refractivity contribution in [1.82, 2.24) is 4.90 Å². The molecule has 0 bridgehead atoms. The standard InChI is InChI=1S/C14H28N2O/c1-11-6-4-8-13(10-11)16(3)14(17)9-5-7-12(2)15/h11-13H,4-10,15H2,1-3H3. The Hall–Kier alpha value is -0.570. The molecule has 1 amide bonds. The summed E-state index contributed by atoms with van der Waals surface area (Å²) in [7, 11) is 1.97. The van der Waals surface area contributed by atoms with Crippen LogP contribution >= 0.6 is 0 Å². The fourth-order valence-electron chi connectivity index (χ4n) is 2.71. The second kappa shape index (κ2) is 7.00. The van der Waals surface area contributed by atoms with Crippen LogP contribution in [0.15, 0.2) is 0 Å². The summed E-state index contributed by atoms with van der Waals surface area (Å²) in [5.74, 6) is 1.07. The molecule has 0 aromatic rings. The third-order valence-corrected chi connectivity index (χ3v) is 3.90. The second-order valence-electron chi connectivity index (χ2n) is 5.80. The van der Waals surface area contributed by atoms with Crippen LogP contribution in [0.2, 0.25) is 0 Å². The van der Waals surface area contributed by atoms with Crippen LogP contribution < -0.4 is 5.73 Å². The van der Waals surface area contributed by atoms with E-state index in [1.807, 2.05) is 18.9 Å². The molecule has 2 N–H and O–H groups in total. The van der Waals surface area contributed by atoms with Crippen molar-refractivity contribution in [2.75, 3.05) is 7.05 Å². The van der Waals surface area contributed by atoms with E-state index in [0.29, 0.717) is 18.4 Å². The van der Waals surface area contributed by atoms with Gasteiger partial charge in [0.15, 0.2) is 0 Å². The summed E-state index contributed by atoms with van der Waals surface area (Å²) >= 11 is 0. The van der Waals surface area contributed by atoms with E-state index in [9.17, 15) is 4.79 Å². The molecule has 0 spiro atoms. The van der Waals surface area contributed by atoms with Crippen LogP contribution in [0.5, 0.6) is 0 Å². The molecular weight excluding hydrogens is 212 g/mol. The number of nitrogens with two attached hydrogens (primary N) is 1. The summed E-state index contributed by atoms with van der Waals surface area (Å²) in [4.78, 5) is 14.0. The van der Waals surface area contributed by atoms with E-state index in [-0.39, 0.29) is 6.04 Å². The number of rotatable bonds is 5. The molecule has 3 nitrogen and oxygen atoms in total. The Morgan fingerprint density at radius 2 is 2.18 bits per heavy atom. The maximum Gasteiger partial charge on any atom is 0.222 e. The van der Waals surface area contributed by atoms with Crippen molar-refractivity contribution in [2.24, 2.45) is 11.7 Å². The highest BCUT2D eigenvalue weighted by Crippen LogP contribution is 2.27. The van der Waals surface area contributed by atoms with Crippen LogP contribution in [0.1, 0.15) is 58.8 Å². The SMILES string of the molecule is CC(N)CCCC(=O)N(C)C1CCCC(C)C1. The number of amides is 1. The Balaban J connectivity index is 2.30. The van der Waals surface area contributed by atoms with Gasteiger partial charge in [0.25, 0.3) is 0 Å². The van der Waals surface area contributed by atoms with Gasteiger partial charge >= 0.3 is 0 Å². The topological polar surface area (TPSA) is 46.3 Å². The average Bonchev–Trinajstić information content (AvgIpc) is 2.27. The van der Waals surface area contributed by atoms with Crippen molar-refractivity contribution in [1.29, 1.82) is 0 Å². The summed E-state index contributed by atoms with van der Waals surface area (Å²) < 4.78 is 0. The van der Waals surface area contributed by atoms with Crippen LogP contribution in [0, 0.1) is 5.92 Å². The summed E-state index contributed by atoms with van der Waals surface area (Å²) in [5, 5.41) is 0. The molecule has 0 aromatic heterocycles. The molecule has 100 valence electrons. The fourth-order valence-corrected chi connectivity index (χ4v) is 2.71. The van der Waals surface area contributed by atoms with Crippen molar-refractivity contribution < 1.29 is 4.79 Å². The minimum absolute atomic E-state index is 0.211. The Morgan fingerprint density at radius 3 is 2.76 bits per heavy atom. The zero-order chi connectivity index (χ0) is 12.8. The molecule has 3 heteroatoms. The minimum atomic E-state index is 0.211. The maximum atomic E-state index is 12.0. The monoisotopic (exact) mass is 240 g/mol. The lowest BCUT2D eigenvalue weighted by molar-refractivity contribution is -0.132. The van der Waals surface area contributed by atoms with Crippen molar-refractivity contribution in [3.8, 4) is 0 Å². The van der Waals surface area contributed by atoms with Crippen LogP contribution in [0.25, 0.3) is 0 Å². The quantitative estimate of drug-likeness (QED) is 0.802. The molecule has 1 fully saturated rings. The van der Waals surface area contributed by atoms with Gasteiger partial charge in [-0.05, 0) is 38.5 Å². The van der Waals surface area contributed by atoms with Crippen molar-refractivity contribution >= 4 is 5.91 Å². The van der Waals surface area contributed by atoms with Gasteiger partial charge in [-0.25, -0.2) is 0 Å². The summed E-state index contributed by atoms with van der Waals surface area (Å²) in [6.45, 7) is 4.29. The lowest BCUT2D eigenvalue weighted by Crippen LogP contribution is -2.39. The molecule has 0 saturated heterocycles. The van der Waals surface area contributed by atoms with Gasteiger partial charge < -0.3 is 10.6 Å². The first-order chi connectivity index (χ1) is 8.00. The van der Waals surface area contributed by atoms with E-state index in [1.54, 1.807) is 0 Å². The fraction of sp³-hybridized carbons (Fsp3) is 0.929. The lowest BCUT2D eigenvalue weighted by Gasteiger charge is -2.34. The van der Waals surface area contributed by atoms with Gasteiger partial charge in [0.05, 0.1) is 0 Å². The van der Waals surface area contributed by atoms with Crippen LogP contribution in [0.4, 0.5) is 0 Å². The van der Waals surface area contributed by atoms with Gasteiger partial charge in [-0.15, -0.1) is 0 Å². The second-order valence-corrected chi connectivity index (χ2v) is 5.80. The number of carbonyl (C=O) groups excluding carboxylic acids is 1. The third-order valence-electron chi connectivity index (χ3n) is 3.90.